The van der Waals surface area contributed by atoms with E-state index in [9.17, 15) is 9.59 Å². The zero-order chi connectivity index (χ0) is 18.9. The normalized spacial score (nSPS) is 11.5. The average Bonchev–Trinajstić information content (AvgIpc) is 2.62. The molecule has 26 heavy (non-hydrogen) atoms. The lowest BCUT2D eigenvalue weighted by Crippen LogP contribution is -2.30. The van der Waals surface area contributed by atoms with Crippen LogP contribution in [0.15, 0.2) is 48.5 Å². The Balaban J connectivity index is 1.89. The third kappa shape index (κ3) is 6.08. The molecule has 0 aromatic heterocycles. The number of hydrogen-bond donors (Lipinski definition) is 1. The fourth-order valence-corrected chi connectivity index (χ4v) is 2.30. The van der Waals surface area contributed by atoms with E-state index in [0.29, 0.717) is 28.6 Å². The fourth-order valence-electron chi connectivity index (χ4n) is 2.12. The van der Waals surface area contributed by atoms with E-state index in [4.69, 9.17) is 21.1 Å². The largest absolute Gasteiger partial charge is 0.481 e. The van der Waals surface area contributed by atoms with Crippen molar-refractivity contribution in [3.8, 4) is 5.75 Å². The lowest BCUT2D eigenvalue weighted by molar-refractivity contribution is -0.122. The van der Waals surface area contributed by atoms with Crippen molar-refractivity contribution >= 4 is 29.2 Å². The third-order valence-corrected chi connectivity index (χ3v) is 3.83. The highest BCUT2D eigenvalue weighted by Gasteiger charge is 2.15. The minimum Gasteiger partial charge on any atom is -0.481 e. The van der Waals surface area contributed by atoms with Crippen molar-refractivity contribution in [3.63, 3.8) is 0 Å². The zero-order valence-electron chi connectivity index (χ0n) is 14.8. The Kier molecular flexibility index (Phi) is 7.48. The zero-order valence-corrected chi connectivity index (χ0v) is 15.6. The van der Waals surface area contributed by atoms with Gasteiger partial charge in [-0.25, -0.2) is 4.79 Å². The van der Waals surface area contributed by atoms with Crippen LogP contribution in [0.2, 0.25) is 5.02 Å². The van der Waals surface area contributed by atoms with Crippen molar-refractivity contribution in [2.24, 2.45) is 0 Å². The monoisotopic (exact) mass is 375 g/mol. The van der Waals surface area contributed by atoms with E-state index < -0.39 is 6.10 Å². The van der Waals surface area contributed by atoms with E-state index >= 15 is 0 Å². The van der Waals surface area contributed by atoms with Gasteiger partial charge in [0.2, 0.25) is 0 Å². The molecule has 138 valence electrons. The minimum atomic E-state index is -0.702. The number of esters is 1. The topological polar surface area (TPSA) is 64.6 Å². The highest BCUT2D eigenvalue weighted by molar-refractivity contribution is 6.30. The molecule has 0 saturated carbocycles. The van der Waals surface area contributed by atoms with Crippen LogP contribution in [0.1, 0.15) is 37.0 Å². The van der Waals surface area contributed by atoms with Gasteiger partial charge in [0.15, 0.2) is 6.10 Å². The number of anilines is 1. The Labute approximate surface area is 158 Å². The van der Waals surface area contributed by atoms with Crippen LogP contribution < -0.4 is 10.1 Å². The van der Waals surface area contributed by atoms with Gasteiger partial charge >= 0.3 is 5.97 Å². The van der Waals surface area contributed by atoms with Crippen molar-refractivity contribution in [1.82, 2.24) is 0 Å². The summed E-state index contributed by atoms with van der Waals surface area (Å²) in [5.74, 6) is -0.150. The fraction of sp³-hybridized carbons (Fsp3) is 0.300. The molecule has 0 heterocycles. The van der Waals surface area contributed by atoms with E-state index in [2.05, 4.69) is 5.32 Å². The van der Waals surface area contributed by atoms with Crippen molar-refractivity contribution < 1.29 is 19.1 Å². The molecule has 0 spiro atoms. The third-order valence-electron chi connectivity index (χ3n) is 3.60. The molecule has 2 aromatic carbocycles. The molecule has 5 nitrogen and oxygen atoms in total. The molecule has 2 aromatic rings. The van der Waals surface area contributed by atoms with Gasteiger partial charge < -0.3 is 14.8 Å². The number of rotatable bonds is 8. The van der Waals surface area contributed by atoms with E-state index in [0.717, 1.165) is 12.8 Å². The molecular weight excluding hydrogens is 354 g/mol. The first kappa shape index (κ1) is 19.8. The van der Waals surface area contributed by atoms with Crippen molar-refractivity contribution in [3.05, 3.63) is 59.1 Å². The van der Waals surface area contributed by atoms with Gasteiger partial charge in [-0.2, -0.15) is 0 Å². The molecule has 0 fully saturated rings. The van der Waals surface area contributed by atoms with Crippen LogP contribution in [0, 0.1) is 0 Å². The van der Waals surface area contributed by atoms with Crippen molar-refractivity contribution in [1.29, 1.82) is 0 Å². The standard InChI is InChI=1S/C20H22ClNO4/c1-3-4-12-25-20(24)15-8-10-17(11-9-15)22-19(23)14(2)26-18-7-5-6-16(21)13-18/h5-11,13-14H,3-4,12H2,1-2H3,(H,22,23). The highest BCUT2D eigenvalue weighted by atomic mass is 35.5. The van der Waals surface area contributed by atoms with E-state index in [-0.39, 0.29) is 11.9 Å². The first-order chi connectivity index (χ1) is 12.5. The van der Waals surface area contributed by atoms with E-state index in [1.54, 1.807) is 55.5 Å². The molecule has 0 bridgehead atoms. The summed E-state index contributed by atoms with van der Waals surface area (Å²) >= 11 is 5.90. The number of carbonyl (C=O) groups is 2. The number of benzene rings is 2. The average molecular weight is 376 g/mol. The second kappa shape index (κ2) is 9.82. The molecule has 1 unspecified atom stereocenters. The molecule has 0 radical (unpaired) electrons. The number of hydrogen-bond acceptors (Lipinski definition) is 4. The van der Waals surface area contributed by atoms with E-state index in [1.165, 1.54) is 0 Å². The Morgan fingerprint density at radius 2 is 1.88 bits per heavy atom. The summed E-state index contributed by atoms with van der Waals surface area (Å²) in [5.41, 5.74) is 1.02. The number of nitrogens with one attached hydrogen (secondary N) is 1. The Hall–Kier alpha value is -2.53. The van der Waals surface area contributed by atoms with Gasteiger partial charge in [-0.3, -0.25) is 4.79 Å². The number of amides is 1. The minimum absolute atomic E-state index is 0.303. The predicted molar refractivity (Wildman–Crippen MR) is 102 cm³/mol. The SMILES string of the molecule is CCCCOC(=O)c1ccc(NC(=O)C(C)Oc2cccc(Cl)c2)cc1. The maximum Gasteiger partial charge on any atom is 0.338 e. The Morgan fingerprint density at radius 1 is 1.15 bits per heavy atom. The maximum atomic E-state index is 12.2. The number of ether oxygens (including phenoxy) is 2. The lowest BCUT2D eigenvalue weighted by atomic mass is 10.2. The maximum absolute atomic E-state index is 12.2. The van der Waals surface area contributed by atoms with Crippen LogP contribution in [-0.4, -0.2) is 24.6 Å². The molecule has 6 heteroatoms. The summed E-state index contributed by atoms with van der Waals surface area (Å²) in [7, 11) is 0. The summed E-state index contributed by atoms with van der Waals surface area (Å²) < 4.78 is 10.7. The van der Waals surface area contributed by atoms with Crippen LogP contribution in [0.4, 0.5) is 5.69 Å². The second-order valence-corrected chi connectivity index (χ2v) is 6.21. The molecule has 1 N–H and O–H groups in total. The Bertz CT molecular complexity index is 746. The highest BCUT2D eigenvalue weighted by Crippen LogP contribution is 2.19. The van der Waals surface area contributed by atoms with Gasteiger partial charge in [-0.15, -0.1) is 0 Å². The van der Waals surface area contributed by atoms with Crippen molar-refractivity contribution in [2.75, 3.05) is 11.9 Å². The van der Waals surface area contributed by atoms with Gasteiger partial charge in [0.25, 0.3) is 5.91 Å². The molecule has 0 aliphatic heterocycles. The summed E-state index contributed by atoms with van der Waals surface area (Å²) in [6.07, 6.45) is 1.10. The van der Waals surface area contributed by atoms with Gasteiger partial charge in [-0.1, -0.05) is 31.0 Å². The Morgan fingerprint density at radius 3 is 2.54 bits per heavy atom. The van der Waals surface area contributed by atoms with Crippen molar-refractivity contribution in [2.45, 2.75) is 32.8 Å². The molecule has 2 rings (SSSR count). The van der Waals surface area contributed by atoms with Crippen LogP contribution in [-0.2, 0) is 9.53 Å². The van der Waals surface area contributed by atoms with Gasteiger partial charge in [0.1, 0.15) is 5.75 Å². The number of carbonyl (C=O) groups excluding carboxylic acids is 2. The number of unbranched alkanes of at least 4 members (excludes halogenated alkanes) is 1. The quantitative estimate of drug-likeness (QED) is 0.536. The summed E-state index contributed by atoms with van der Waals surface area (Å²) in [6, 6.07) is 13.4. The van der Waals surface area contributed by atoms with E-state index in [1.807, 2.05) is 6.92 Å². The molecule has 0 aliphatic rings. The summed E-state index contributed by atoms with van der Waals surface area (Å²) in [5, 5.41) is 3.28. The molecule has 0 aliphatic carbocycles. The first-order valence-corrected chi connectivity index (χ1v) is 8.87. The van der Waals surface area contributed by atoms with Crippen LogP contribution in [0.25, 0.3) is 0 Å². The lowest BCUT2D eigenvalue weighted by Gasteiger charge is -2.15. The van der Waals surface area contributed by atoms with Gasteiger partial charge in [0, 0.05) is 10.7 Å². The molecule has 0 saturated heterocycles. The molecule has 1 amide bonds. The van der Waals surface area contributed by atoms with Crippen LogP contribution >= 0.6 is 11.6 Å². The summed E-state index contributed by atoms with van der Waals surface area (Å²) in [4.78, 5) is 24.1. The second-order valence-electron chi connectivity index (χ2n) is 5.77. The van der Waals surface area contributed by atoms with Gasteiger partial charge in [-0.05, 0) is 55.8 Å². The van der Waals surface area contributed by atoms with Crippen LogP contribution in [0.5, 0.6) is 5.75 Å². The predicted octanol–water partition coefficient (Wildman–Crippen LogP) is 4.70. The summed E-state index contributed by atoms with van der Waals surface area (Å²) in [6.45, 7) is 4.09. The first-order valence-electron chi connectivity index (χ1n) is 8.50. The molecule has 1 atom stereocenters. The smallest absolute Gasteiger partial charge is 0.338 e. The van der Waals surface area contributed by atoms with Crippen LogP contribution in [0.3, 0.4) is 0 Å². The van der Waals surface area contributed by atoms with Gasteiger partial charge in [0.05, 0.1) is 12.2 Å². The number of halogens is 1. The molecular formula is C20H22ClNO4.